The molecule has 4 nitrogen and oxygen atoms in total. The van der Waals surface area contributed by atoms with Crippen LogP contribution in [0.5, 0.6) is 0 Å². The fraction of sp³-hybridized carbons (Fsp3) is 0.429. The molecule has 0 aliphatic rings. The molecule has 0 aliphatic carbocycles. The maximum atomic E-state index is 6.48. The maximum absolute atomic E-state index is 6.48. The van der Waals surface area contributed by atoms with Gasteiger partial charge in [0.2, 0.25) is 0 Å². The van der Waals surface area contributed by atoms with Crippen molar-refractivity contribution in [3.05, 3.63) is 44.6 Å². The van der Waals surface area contributed by atoms with Crippen molar-refractivity contribution in [1.82, 2.24) is 20.3 Å². The fourth-order valence-electron chi connectivity index (χ4n) is 2.18. The standard InChI is InChI=1S/C14H18BrClN4/c1-4-8-17-12(13-14(15)18-19-20(13)3)10-7-5-6-9(2)11(10)16/h5-7,12,17H,4,8H2,1-3H3. The number of hydrogen-bond donors (Lipinski definition) is 1. The van der Waals surface area contributed by atoms with E-state index in [1.54, 1.807) is 4.68 Å². The summed E-state index contributed by atoms with van der Waals surface area (Å²) in [5.41, 5.74) is 3.09. The molecular formula is C14H18BrClN4. The number of benzene rings is 1. The highest BCUT2D eigenvalue weighted by Gasteiger charge is 2.23. The van der Waals surface area contributed by atoms with Gasteiger partial charge >= 0.3 is 0 Å². The minimum absolute atomic E-state index is 0.0308. The number of nitrogens with one attached hydrogen (secondary N) is 1. The van der Waals surface area contributed by atoms with Crippen LogP contribution in [-0.4, -0.2) is 21.5 Å². The van der Waals surface area contributed by atoms with Crippen molar-refractivity contribution in [2.75, 3.05) is 6.54 Å². The van der Waals surface area contributed by atoms with E-state index in [0.717, 1.165) is 39.4 Å². The third kappa shape index (κ3) is 3.05. The van der Waals surface area contributed by atoms with Gasteiger partial charge in [0, 0.05) is 12.1 Å². The van der Waals surface area contributed by atoms with Gasteiger partial charge in [-0.2, -0.15) is 0 Å². The van der Waals surface area contributed by atoms with Crippen molar-refractivity contribution in [3.63, 3.8) is 0 Å². The number of halogens is 2. The van der Waals surface area contributed by atoms with E-state index >= 15 is 0 Å². The zero-order chi connectivity index (χ0) is 14.7. The van der Waals surface area contributed by atoms with Crippen molar-refractivity contribution in [1.29, 1.82) is 0 Å². The second-order valence-electron chi connectivity index (χ2n) is 4.75. The Morgan fingerprint density at radius 3 is 2.80 bits per heavy atom. The van der Waals surface area contributed by atoms with Crippen LogP contribution in [0.2, 0.25) is 5.02 Å². The third-order valence-electron chi connectivity index (χ3n) is 3.23. The lowest BCUT2D eigenvalue weighted by molar-refractivity contribution is 0.549. The zero-order valence-corrected chi connectivity index (χ0v) is 14.2. The van der Waals surface area contributed by atoms with Gasteiger partial charge in [-0.1, -0.05) is 41.9 Å². The zero-order valence-electron chi connectivity index (χ0n) is 11.8. The molecule has 0 bridgehead atoms. The van der Waals surface area contributed by atoms with Crippen LogP contribution in [0.3, 0.4) is 0 Å². The predicted octanol–water partition coefficient (Wildman–Crippen LogP) is 3.63. The van der Waals surface area contributed by atoms with E-state index in [0.29, 0.717) is 0 Å². The average molecular weight is 358 g/mol. The van der Waals surface area contributed by atoms with E-state index < -0.39 is 0 Å². The molecule has 2 rings (SSSR count). The summed E-state index contributed by atoms with van der Waals surface area (Å²) in [5.74, 6) is 0. The third-order valence-corrected chi connectivity index (χ3v) is 4.31. The van der Waals surface area contributed by atoms with E-state index in [2.05, 4.69) is 38.5 Å². The first-order valence-corrected chi connectivity index (χ1v) is 7.76. The SMILES string of the molecule is CCCNC(c1cccc(C)c1Cl)c1c(Br)nnn1C. The molecule has 0 amide bonds. The first-order chi connectivity index (χ1) is 9.56. The molecule has 20 heavy (non-hydrogen) atoms. The number of nitrogens with zero attached hydrogens (tertiary/aromatic N) is 3. The highest BCUT2D eigenvalue weighted by atomic mass is 79.9. The van der Waals surface area contributed by atoms with Gasteiger partial charge in [-0.15, -0.1) is 5.10 Å². The van der Waals surface area contributed by atoms with E-state index in [1.165, 1.54) is 0 Å². The minimum Gasteiger partial charge on any atom is -0.305 e. The van der Waals surface area contributed by atoms with Crippen molar-refractivity contribution in [2.45, 2.75) is 26.3 Å². The fourth-order valence-corrected chi connectivity index (χ4v) is 2.97. The molecule has 1 aromatic carbocycles. The van der Waals surface area contributed by atoms with Crippen LogP contribution in [0.25, 0.3) is 0 Å². The van der Waals surface area contributed by atoms with Gasteiger partial charge in [-0.05, 0) is 46.9 Å². The lowest BCUT2D eigenvalue weighted by Gasteiger charge is -2.21. The Kier molecular flexibility index (Phi) is 5.18. The van der Waals surface area contributed by atoms with Gasteiger partial charge in [0.15, 0.2) is 4.60 Å². The van der Waals surface area contributed by atoms with E-state index in [-0.39, 0.29) is 6.04 Å². The highest BCUT2D eigenvalue weighted by Crippen LogP contribution is 2.32. The Balaban J connectivity index is 2.50. The average Bonchev–Trinajstić information content (AvgIpc) is 2.75. The Hall–Kier alpha value is -0.910. The van der Waals surface area contributed by atoms with E-state index in [9.17, 15) is 0 Å². The monoisotopic (exact) mass is 356 g/mol. The first-order valence-electron chi connectivity index (χ1n) is 6.59. The van der Waals surface area contributed by atoms with Crippen LogP contribution >= 0.6 is 27.5 Å². The number of rotatable bonds is 5. The largest absolute Gasteiger partial charge is 0.305 e. The summed E-state index contributed by atoms with van der Waals surface area (Å²) in [5, 5.41) is 12.4. The van der Waals surface area contributed by atoms with Crippen molar-refractivity contribution in [3.8, 4) is 0 Å². The molecule has 1 unspecified atom stereocenters. The van der Waals surface area contributed by atoms with Crippen molar-refractivity contribution >= 4 is 27.5 Å². The summed E-state index contributed by atoms with van der Waals surface area (Å²) < 4.78 is 2.52. The Morgan fingerprint density at radius 2 is 2.20 bits per heavy atom. The summed E-state index contributed by atoms with van der Waals surface area (Å²) in [6.45, 7) is 5.05. The molecule has 0 spiro atoms. The van der Waals surface area contributed by atoms with Crippen LogP contribution in [0.1, 0.15) is 36.2 Å². The Morgan fingerprint density at radius 1 is 1.45 bits per heavy atom. The number of aromatic nitrogens is 3. The predicted molar refractivity (Wildman–Crippen MR) is 85.0 cm³/mol. The highest BCUT2D eigenvalue weighted by molar-refractivity contribution is 9.10. The second kappa shape index (κ2) is 6.70. The molecule has 0 saturated heterocycles. The number of hydrogen-bond acceptors (Lipinski definition) is 3. The van der Waals surface area contributed by atoms with Gasteiger partial charge in [-0.25, -0.2) is 4.68 Å². The molecule has 0 aliphatic heterocycles. The summed E-state index contributed by atoms with van der Waals surface area (Å²) in [7, 11) is 1.89. The van der Waals surface area contributed by atoms with Gasteiger partial charge in [-0.3, -0.25) is 0 Å². The lowest BCUT2D eigenvalue weighted by Crippen LogP contribution is -2.26. The number of aryl methyl sites for hydroxylation is 2. The molecule has 0 fully saturated rings. The van der Waals surface area contributed by atoms with Crippen molar-refractivity contribution in [2.24, 2.45) is 7.05 Å². The van der Waals surface area contributed by atoms with Crippen molar-refractivity contribution < 1.29 is 0 Å². The van der Waals surface area contributed by atoms with Gasteiger partial charge < -0.3 is 5.32 Å². The molecule has 108 valence electrons. The molecule has 2 aromatic rings. The van der Waals surface area contributed by atoms with Crippen LogP contribution < -0.4 is 5.32 Å². The molecule has 1 N–H and O–H groups in total. The topological polar surface area (TPSA) is 42.7 Å². The molecule has 1 aromatic heterocycles. The normalized spacial score (nSPS) is 12.7. The lowest BCUT2D eigenvalue weighted by atomic mass is 10.0. The van der Waals surface area contributed by atoms with Crippen LogP contribution in [0, 0.1) is 6.92 Å². The molecule has 1 atom stereocenters. The Labute approximate surface area is 132 Å². The van der Waals surface area contributed by atoms with Gasteiger partial charge in [0.25, 0.3) is 0 Å². The van der Waals surface area contributed by atoms with Crippen LogP contribution in [0.15, 0.2) is 22.8 Å². The first kappa shape index (κ1) is 15.5. The molecule has 0 radical (unpaired) electrons. The summed E-state index contributed by atoms with van der Waals surface area (Å²) >= 11 is 9.96. The molecule has 1 heterocycles. The summed E-state index contributed by atoms with van der Waals surface area (Å²) in [4.78, 5) is 0. The quantitative estimate of drug-likeness (QED) is 0.888. The van der Waals surface area contributed by atoms with Gasteiger partial charge in [0.05, 0.1) is 11.7 Å². The maximum Gasteiger partial charge on any atom is 0.153 e. The van der Waals surface area contributed by atoms with Gasteiger partial charge in [0.1, 0.15) is 0 Å². The second-order valence-corrected chi connectivity index (χ2v) is 5.88. The smallest absolute Gasteiger partial charge is 0.153 e. The van der Waals surface area contributed by atoms with E-state index in [4.69, 9.17) is 11.6 Å². The van der Waals surface area contributed by atoms with Crippen LogP contribution in [0.4, 0.5) is 0 Å². The molecular weight excluding hydrogens is 340 g/mol. The molecule has 0 saturated carbocycles. The van der Waals surface area contributed by atoms with Crippen LogP contribution in [-0.2, 0) is 7.05 Å². The summed E-state index contributed by atoms with van der Waals surface area (Å²) in [6, 6.07) is 6.05. The minimum atomic E-state index is -0.0308. The molecule has 6 heteroatoms. The van der Waals surface area contributed by atoms with E-state index in [1.807, 2.05) is 32.2 Å². The Bertz CT molecular complexity index is 577. The summed E-state index contributed by atoms with van der Waals surface area (Å²) in [6.07, 6.45) is 1.04.